The summed E-state index contributed by atoms with van der Waals surface area (Å²) in [5, 5.41) is 0. The molecule has 2 aromatic carbocycles. The summed E-state index contributed by atoms with van der Waals surface area (Å²) in [4.78, 5) is 14.0. The molecule has 0 aliphatic carbocycles. The number of hydrogen-bond donors (Lipinski definition) is 0. The van der Waals surface area contributed by atoms with E-state index in [-0.39, 0.29) is 24.4 Å². The van der Waals surface area contributed by atoms with Gasteiger partial charge in [-0.1, -0.05) is 42.0 Å². The number of ether oxygens (including phenoxy) is 2. The third-order valence-electron chi connectivity index (χ3n) is 4.06. The zero-order valence-corrected chi connectivity index (χ0v) is 13.6. The van der Waals surface area contributed by atoms with Crippen LogP contribution in [0.15, 0.2) is 48.5 Å². The van der Waals surface area contributed by atoms with Gasteiger partial charge in [0.05, 0.1) is 13.2 Å². The first-order valence-electron chi connectivity index (χ1n) is 7.97. The Kier molecular flexibility index (Phi) is 5.11. The average Bonchev–Trinajstić information content (AvgIpc) is 2.61. The van der Waals surface area contributed by atoms with Crippen LogP contribution in [0.25, 0.3) is 0 Å². The Hall–Kier alpha value is -2.40. The molecular weight excluding hydrogens is 309 g/mol. The van der Waals surface area contributed by atoms with Gasteiger partial charge >= 0.3 is 0 Å². The summed E-state index contributed by atoms with van der Waals surface area (Å²) < 4.78 is 24.6. The molecule has 3 rings (SSSR count). The SMILES string of the molecule is Cc1ccc(C2CN(C(=O)COc3ccccc3F)CCO2)cc1. The summed E-state index contributed by atoms with van der Waals surface area (Å²) in [5.74, 6) is -0.544. The van der Waals surface area contributed by atoms with Crippen molar-refractivity contribution in [2.75, 3.05) is 26.3 Å². The maximum absolute atomic E-state index is 13.5. The topological polar surface area (TPSA) is 38.8 Å². The second-order valence-corrected chi connectivity index (χ2v) is 5.83. The molecule has 0 N–H and O–H groups in total. The van der Waals surface area contributed by atoms with Crippen molar-refractivity contribution in [3.8, 4) is 5.75 Å². The standard InChI is InChI=1S/C19H20FNO3/c1-14-6-8-15(9-7-14)18-12-21(10-11-23-18)19(22)13-24-17-5-3-2-4-16(17)20/h2-9,18H,10-13H2,1H3. The van der Waals surface area contributed by atoms with Crippen LogP contribution in [0.4, 0.5) is 4.39 Å². The predicted octanol–water partition coefficient (Wildman–Crippen LogP) is 3.11. The lowest BCUT2D eigenvalue weighted by Crippen LogP contribution is -2.44. The molecule has 0 saturated carbocycles. The molecule has 1 aliphatic rings. The largest absolute Gasteiger partial charge is 0.481 e. The lowest BCUT2D eigenvalue weighted by molar-refractivity contribution is -0.141. The fraction of sp³-hybridized carbons (Fsp3) is 0.316. The molecule has 1 aliphatic heterocycles. The quantitative estimate of drug-likeness (QED) is 0.865. The molecule has 0 spiro atoms. The predicted molar refractivity (Wildman–Crippen MR) is 88.3 cm³/mol. The van der Waals surface area contributed by atoms with Gasteiger partial charge in [0.15, 0.2) is 18.2 Å². The minimum atomic E-state index is -0.468. The minimum absolute atomic E-state index is 0.0918. The Bertz CT molecular complexity index is 702. The van der Waals surface area contributed by atoms with Crippen molar-refractivity contribution in [2.45, 2.75) is 13.0 Å². The van der Waals surface area contributed by atoms with E-state index in [0.29, 0.717) is 19.7 Å². The van der Waals surface area contributed by atoms with Gasteiger partial charge in [0.25, 0.3) is 5.91 Å². The number of halogens is 1. The molecule has 0 aromatic heterocycles. The minimum Gasteiger partial charge on any atom is -0.481 e. The Morgan fingerprint density at radius 1 is 1.25 bits per heavy atom. The molecule has 1 atom stereocenters. The second-order valence-electron chi connectivity index (χ2n) is 5.83. The summed E-state index contributed by atoms with van der Waals surface area (Å²) in [6.07, 6.45) is -0.142. The molecule has 1 heterocycles. The number of hydrogen-bond acceptors (Lipinski definition) is 3. The lowest BCUT2D eigenvalue weighted by Gasteiger charge is -2.33. The lowest BCUT2D eigenvalue weighted by atomic mass is 10.1. The Labute approximate surface area is 140 Å². The van der Waals surface area contributed by atoms with Crippen LogP contribution in [0.5, 0.6) is 5.75 Å². The third-order valence-corrected chi connectivity index (χ3v) is 4.06. The van der Waals surface area contributed by atoms with Crippen molar-refractivity contribution < 1.29 is 18.7 Å². The van der Waals surface area contributed by atoms with Crippen molar-refractivity contribution in [3.63, 3.8) is 0 Å². The number of morpholine rings is 1. The highest BCUT2D eigenvalue weighted by atomic mass is 19.1. The Balaban J connectivity index is 1.59. The molecule has 1 amide bonds. The van der Waals surface area contributed by atoms with Crippen LogP contribution in [0.2, 0.25) is 0 Å². The van der Waals surface area contributed by atoms with E-state index >= 15 is 0 Å². The van der Waals surface area contributed by atoms with Crippen LogP contribution in [0, 0.1) is 12.7 Å². The van der Waals surface area contributed by atoms with Crippen molar-refractivity contribution in [3.05, 3.63) is 65.5 Å². The first-order chi connectivity index (χ1) is 11.6. The van der Waals surface area contributed by atoms with Gasteiger partial charge in [-0.25, -0.2) is 4.39 Å². The van der Waals surface area contributed by atoms with E-state index in [1.165, 1.54) is 17.7 Å². The van der Waals surface area contributed by atoms with Gasteiger partial charge in [-0.2, -0.15) is 0 Å². The summed E-state index contributed by atoms with van der Waals surface area (Å²) >= 11 is 0. The van der Waals surface area contributed by atoms with E-state index in [9.17, 15) is 9.18 Å². The maximum Gasteiger partial charge on any atom is 0.260 e. The number of amides is 1. The van der Waals surface area contributed by atoms with Crippen LogP contribution >= 0.6 is 0 Å². The monoisotopic (exact) mass is 329 g/mol. The average molecular weight is 329 g/mol. The zero-order chi connectivity index (χ0) is 16.9. The molecule has 1 fully saturated rings. The molecule has 5 heteroatoms. The van der Waals surface area contributed by atoms with Gasteiger partial charge in [-0.3, -0.25) is 4.79 Å². The molecule has 2 aromatic rings. The number of benzene rings is 2. The number of rotatable bonds is 4. The summed E-state index contributed by atoms with van der Waals surface area (Å²) in [7, 11) is 0. The molecule has 126 valence electrons. The summed E-state index contributed by atoms with van der Waals surface area (Å²) in [6, 6.07) is 14.2. The summed E-state index contributed by atoms with van der Waals surface area (Å²) in [5.41, 5.74) is 2.23. The van der Waals surface area contributed by atoms with Crippen LogP contribution < -0.4 is 4.74 Å². The van der Waals surface area contributed by atoms with Crippen LogP contribution in [0.3, 0.4) is 0 Å². The fourth-order valence-electron chi connectivity index (χ4n) is 2.65. The molecule has 1 saturated heterocycles. The number of carbonyl (C=O) groups excluding carboxylic acids is 1. The van der Waals surface area contributed by atoms with E-state index in [1.807, 2.05) is 31.2 Å². The molecule has 0 bridgehead atoms. The smallest absolute Gasteiger partial charge is 0.260 e. The van der Waals surface area contributed by atoms with Crippen molar-refractivity contribution in [1.29, 1.82) is 0 Å². The molecule has 1 unspecified atom stereocenters. The first kappa shape index (κ1) is 16.5. The third kappa shape index (κ3) is 3.92. The number of carbonyl (C=O) groups is 1. The fourth-order valence-corrected chi connectivity index (χ4v) is 2.65. The van der Waals surface area contributed by atoms with Crippen molar-refractivity contribution in [1.82, 2.24) is 4.90 Å². The van der Waals surface area contributed by atoms with E-state index in [2.05, 4.69) is 0 Å². The molecule has 0 radical (unpaired) electrons. The maximum atomic E-state index is 13.5. The highest BCUT2D eigenvalue weighted by Crippen LogP contribution is 2.23. The van der Waals surface area contributed by atoms with Gasteiger partial charge < -0.3 is 14.4 Å². The van der Waals surface area contributed by atoms with Crippen molar-refractivity contribution >= 4 is 5.91 Å². The highest BCUT2D eigenvalue weighted by Gasteiger charge is 2.25. The number of aryl methyl sites for hydroxylation is 1. The van der Waals surface area contributed by atoms with Crippen molar-refractivity contribution in [2.24, 2.45) is 0 Å². The van der Waals surface area contributed by atoms with E-state index in [0.717, 1.165) is 5.56 Å². The normalized spacial score (nSPS) is 17.6. The summed E-state index contributed by atoms with van der Waals surface area (Å²) in [6.45, 7) is 3.32. The van der Waals surface area contributed by atoms with E-state index in [4.69, 9.17) is 9.47 Å². The van der Waals surface area contributed by atoms with Gasteiger partial charge in [-0.15, -0.1) is 0 Å². The first-order valence-corrected chi connectivity index (χ1v) is 7.97. The Morgan fingerprint density at radius 3 is 2.75 bits per heavy atom. The van der Waals surface area contributed by atoms with Crippen LogP contribution in [-0.4, -0.2) is 37.1 Å². The van der Waals surface area contributed by atoms with E-state index in [1.54, 1.807) is 17.0 Å². The van der Waals surface area contributed by atoms with Gasteiger partial charge in [0.2, 0.25) is 0 Å². The van der Waals surface area contributed by atoms with Gasteiger partial charge in [-0.05, 0) is 24.6 Å². The number of nitrogens with zero attached hydrogens (tertiary/aromatic N) is 1. The molecule has 24 heavy (non-hydrogen) atoms. The zero-order valence-electron chi connectivity index (χ0n) is 13.6. The van der Waals surface area contributed by atoms with Crippen LogP contribution in [-0.2, 0) is 9.53 Å². The van der Waals surface area contributed by atoms with Gasteiger partial charge in [0, 0.05) is 6.54 Å². The highest BCUT2D eigenvalue weighted by molar-refractivity contribution is 5.78. The number of para-hydroxylation sites is 1. The van der Waals surface area contributed by atoms with Gasteiger partial charge in [0.1, 0.15) is 6.10 Å². The Morgan fingerprint density at radius 2 is 2.00 bits per heavy atom. The van der Waals surface area contributed by atoms with Crippen LogP contribution in [0.1, 0.15) is 17.2 Å². The molecular formula is C19H20FNO3. The second kappa shape index (κ2) is 7.45. The van der Waals surface area contributed by atoms with E-state index < -0.39 is 5.82 Å². The molecule has 4 nitrogen and oxygen atoms in total.